The molecule has 32 heavy (non-hydrogen) atoms. The van der Waals surface area contributed by atoms with E-state index >= 15 is 0 Å². The highest BCUT2D eigenvalue weighted by Gasteiger charge is 2.34. The number of rotatable bonds is 4. The number of carbonyl (C=O) groups is 1. The highest BCUT2D eigenvalue weighted by molar-refractivity contribution is 5.95. The molecule has 0 spiro atoms. The number of aryl methyl sites for hydroxylation is 2. The van der Waals surface area contributed by atoms with Gasteiger partial charge in [0.1, 0.15) is 5.82 Å². The van der Waals surface area contributed by atoms with Crippen molar-refractivity contribution in [3.05, 3.63) is 46.9 Å². The number of nitrogens with zero attached hydrogens (tertiary/aromatic N) is 6. The van der Waals surface area contributed by atoms with Crippen LogP contribution in [0.15, 0.2) is 24.3 Å². The SMILES string of the molecule is COc1cc(C2CC(=O)Nc3c2c(C)nn3-c2ccc3nnc(C)n3n2)cc(OC)c1O. The van der Waals surface area contributed by atoms with Gasteiger partial charge < -0.3 is 19.9 Å². The Morgan fingerprint density at radius 2 is 1.81 bits per heavy atom. The van der Waals surface area contributed by atoms with Gasteiger partial charge in [0.2, 0.25) is 11.7 Å². The number of hydrogen-bond acceptors (Lipinski definition) is 8. The maximum atomic E-state index is 12.7. The molecular weight excluding hydrogens is 414 g/mol. The van der Waals surface area contributed by atoms with Crippen molar-refractivity contribution in [3.63, 3.8) is 0 Å². The van der Waals surface area contributed by atoms with Crippen molar-refractivity contribution in [1.82, 2.24) is 29.6 Å². The van der Waals surface area contributed by atoms with Gasteiger partial charge in [0.05, 0.1) is 19.9 Å². The topological polar surface area (TPSA) is 129 Å². The van der Waals surface area contributed by atoms with Crippen LogP contribution in [0.3, 0.4) is 0 Å². The number of amides is 1. The molecule has 1 unspecified atom stereocenters. The number of benzene rings is 1. The van der Waals surface area contributed by atoms with E-state index in [0.717, 1.165) is 16.8 Å². The second-order valence-electron chi connectivity index (χ2n) is 7.55. The molecule has 4 heterocycles. The van der Waals surface area contributed by atoms with Crippen LogP contribution in [-0.4, -0.2) is 54.8 Å². The number of anilines is 1. The number of nitrogens with one attached hydrogen (secondary N) is 1. The quantitative estimate of drug-likeness (QED) is 0.499. The van der Waals surface area contributed by atoms with Crippen molar-refractivity contribution in [2.75, 3.05) is 19.5 Å². The molecule has 1 aromatic carbocycles. The van der Waals surface area contributed by atoms with Crippen molar-refractivity contribution >= 4 is 17.4 Å². The van der Waals surface area contributed by atoms with E-state index in [-0.39, 0.29) is 35.5 Å². The van der Waals surface area contributed by atoms with E-state index in [4.69, 9.17) is 9.47 Å². The number of hydrogen-bond donors (Lipinski definition) is 2. The predicted octanol–water partition coefficient (Wildman–Crippen LogP) is 2.12. The fourth-order valence-corrected chi connectivity index (χ4v) is 4.11. The summed E-state index contributed by atoms with van der Waals surface area (Å²) in [5.41, 5.74) is 3.00. The summed E-state index contributed by atoms with van der Waals surface area (Å²) in [6, 6.07) is 7.00. The van der Waals surface area contributed by atoms with E-state index in [2.05, 4.69) is 25.7 Å². The van der Waals surface area contributed by atoms with Gasteiger partial charge in [0.25, 0.3) is 0 Å². The van der Waals surface area contributed by atoms with E-state index < -0.39 is 0 Å². The first-order chi connectivity index (χ1) is 15.4. The van der Waals surface area contributed by atoms with Gasteiger partial charge in [-0.2, -0.15) is 14.3 Å². The second kappa shape index (κ2) is 7.22. The van der Waals surface area contributed by atoms with Crippen molar-refractivity contribution < 1.29 is 19.4 Å². The predicted molar refractivity (Wildman–Crippen MR) is 114 cm³/mol. The third-order valence-electron chi connectivity index (χ3n) is 5.63. The van der Waals surface area contributed by atoms with Gasteiger partial charge in [0, 0.05) is 17.9 Å². The van der Waals surface area contributed by atoms with E-state index in [1.54, 1.807) is 33.5 Å². The van der Waals surface area contributed by atoms with Crippen LogP contribution in [-0.2, 0) is 4.79 Å². The van der Waals surface area contributed by atoms with Crippen molar-refractivity contribution in [3.8, 4) is 23.1 Å². The number of phenols is 1. The molecule has 1 aliphatic rings. The number of aromatic nitrogens is 6. The molecule has 5 rings (SSSR count). The van der Waals surface area contributed by atoms with Gasteiger partial charge in [-0.1, -0.05) is 0 Å². The molecule has 0 saturated carbocycles. The molecule has 1 amide bonds. The summed E-state index contributed by atoms with van der Waals surface area (Å²) in [5.74, 6) is 1.70. The van der Waals surface area contributed by atoms with Gasteiger partial charge >= 0.3 is 0 Å². The summed E-state index contributed by atoms with van der Waals surface area (Å²) >= 11 is 0. The summed E-state index contributed by atoms with van der Waals surface area (Å²) < 4.78 is 13.8. The Morgan fingerprint density at radius 1 is 1.09 bits per heavy atom. The third-order valence-corrected chi connectivity index (χ3v) is 5.63. The zero-order chi connectivity index (χ0) is 22.6. The van der Waals surface area contributed by atoms with Gasteiger partial charge in [-0.3, -0.25) is 4.79 Å². The molecule has 11 heteroatoms. The van der Waals surface area contributed by atoms with Crippen LogP contribution in [0.5, 0.6) is 17.2 Å². The molecule has 2 N–H and O–H groups in total. The first-order valence-electron chi connectivity index (χ1n) is 9.95. The molecule has 164 valence electrons. The number of carbonyl (C=O) groups excluding carboxylic acids is 1. The lowest BCUT2D eigenvalue weighted by molar-refractivity contribution is -0.116. The Balaban J connectivity index is 1.68. The Kier molecular flexibility index (Phi) is 4.47. The minimum Gasteiger partial charge on any atom is -0.502 e. The van der Waals surface area contributed by atoms with Gasteiger partial charge in [-0.15, -0.1) is 15.3 Å². The smallest absolute Gasteiger partial charge is 0.226 e. The van der Waals surface area contributed by atoms with Crippen LogP contribution < -0.4 is 14.8 Å². The first kappa shape index (κ1) is 19.8. The highest BCUT2D eigenvalue weighted by atomic mass is 16.5. The minimum atomic E-state index is -0.309. The van der Waals surface area contributed by atoms with E-state index in [1.807, 2.05) is 13.8 Å². The summed E-state index contributed by atoms with van der Waals surface area (Å²) in [4.78, 5) is 12.7. The summed E-state index contributed by atoms with van der Waals surface area (Å²) in [6.45, 7) is 3.70. The van der Waals surface area contributed by atoms with Gasteiger partial charge in [0.15, 0.2) is 28.8 Å². The fraction of sp³-hybridized carbons (Fsp3) is 0.286. The molecule has 0 radical (unpaired) electrons. The zero-order valence-electron chi connectivity index (χ0n) is 17.9. The molecule has 4 aromatic rings. The number of fused-ring (bicyclic) bond motifs is 2. The molecule has 0 bridgehead atoms. The monoisotopic (exact) mass is 435 g/mol. The summed E-state index contributed by atoms with van der Waals surface area (Å²) in [5, 5.41) is 30.6. The van der Waals surface area contributed by atoms with Gasteiger partial charge in [-0.25, -0.2) is 0 Å². The Hall–Kier alpha value is -4.15. The lowest BCUT2D eigenvalue weighted by Crippen LogP contribution is -2.25. The van der Waals surface area contributed by atoms with Crippen LogP contribution in [0.4, 0.5) is 5.82 Å². The lowest BCUT2D eigenvalue weighted by Gasteiger charge is -2.25. The fourth-order valence-electron chi connectivity index (χ4n) is 4.11. The third kappa shape index (κ3) is 2.93. The van der Waals surface area contributed by atoms with Crippen LogP contribution in [0.1, 0.15) is 35.0 Å². The number of ether oxygens (including phenoxy) is 2. The van der Waals surface area contributed by atoms with Crippen LogP contribution in [0.25, 0.3) is 11.5 Å². The van der Waals surface area contributed by atoms with Crippen LogP contribution in [0, 0.1) is 13.8 Å². The minimum absolute atomic E-state index is 0.0894. The molecule has 1 aliphatic heterocycles. The molecule has 11 nitrogen and oxygen atoms in total. The maximum Gasteiger partial charge on any atom is 0.226 e. The maximum absolute atomic E-state index is 12.7. The Bertz CT molecular complexity index is 1350. The largest absolute Gasteiger partial charge is 0.502 e. The highest BCUT2D eigenvalue weighted by Crippen LogP contribution is 2.45. The number of methoxy groups -OCH3 is 2. The van der Waals surface area contributed by atoms with E-state index in [9.17, 15) is 9.90 Å². The van der Waals surface area contributed by atoms with Crippen LogP contribution >= 0.6 is 0 Å². The molecule has 0 fully saturated rings. The number of phenolic OH excluding ortho intramolecular Hbond substituents is 1. The lowest BCUT2D eigenvalue weighted by atomic mass is 9.85. The van der Waals surface area contributed by atoms with Crippen molar-refractivity contribution in [2.45, 2.75) is 26.2 Å². The first-order valence-corrected chi connectivity index (χ1v) is 9.95. The van der Waals surface area contributed by atoms with Crippen molar-refractivity contribution in [1.29, 1.82) is 0 Å². The average molecular weight is 435 g/mol. The molecule has 3 aromatic heterocycles. The Labute approximate surface area is 182 Å². The van der Waals surface area contributed by atoms with E-state index in [0.29, 0.717) is 23.1 Å². The van der Waals surface area contributed by atoms with Gasteiger partial charge in [-0.05, 0) is 43.7 Å². The van der Waals surface area contributed by atoms with Crippen LogP contribution in [0.2, 0.25) is 0 Å². The zero-order valence-corrected chi connectivity index (χ0v) is 17.9. The van der Waals surface area contributed by atoms with E-state index in [1.165, 1.54) is 14.2 Å². The van der Waals surface area contributed by atoms with Crippen molar-refractivity contribution in [2.24, 2.45) is 0 Å². The normalized spacial score (nSPS) is 15.5. The Morgan fingerprint density at radius 3 is 2.50 bits per heavy atom. The molecule has 0 aliphatic carbocycles. The molecule has 0 saturated heterocycles. The second-order valence-corrected chi connectivity index (χ2v) is 7.55. The average Bonchev–Trinajstić information content (AvgIpc) is 3.32. The molecular formula is C21H21N7O4. The standard InChI is InChI=1S/C21H21N7O4/c1-10-19-13(12-7-14(31-3)20(30)15(8-12)32-4)9-18(29)22-21(19)28(25-10)17-6-5-16-24-23-11(2)27(16)26-17/h5-8,13,30H,9H2,1-4H3,(H,22,29). The number of aromatic hydroxyl groups is 1. The molecule has 1 atom stereocenters. The summed E-state index contributed by atoms with van der Waals surface area (Å²) in [6.07, 6.45) is 0.216. The summed E-state index contributed by atoms with van der Waals surface area (Å²) in [7, 11) is 2.94.